The van der Waals surface area contributed by atoms with E-state index in [1.807, 2.05) is 0 Å². The largest absolute Gasteiger partial charge is 0.456 e. The van der Waals surface area contributed by atoms with Crippen LogP contribution in [0.1, 0.15) is 29.8 Å². The lowest BCUT2D eigenvalue weighted by Gasteiger charge is -2.44. The zero-order valence-electron chi connectivity index (χ0n) is 32.6. The molecule has 11 aromatic rings. The fourth-order valence-electron chi connectivity index (χ4n) is 9.46. The summed E-state index contributed by atoms with van der Waals surface area (Å²) in [6, 6.07) is 64.2. The van der Waals surface area contributed by atoms with Gasteiger partial charge in [-0.05, 0) is 83.8 Å². The normalized spacial score (nSPS) is 17.2. The van der Waals surface area contributed by atoms with Crippen molar-refractivity contribution in [3.05, 3.63) is 199 Å². The zero-order chi connectivity index (χ0) is 39.2. The summed E-state index contributed by atoms with van der Waals surface area (Å²) < 4.78 is 15.5. The van der Waals surface area contributed by atoms with Gasteiger partial charge >= 0.3 is 0 Å². The molecule has 0 amide bonds. The molecular weight excluding hydrogens is 725 g/mol. The first-order chi connectivity index (χ1) is 29.0. The molecule has 2 unspecified atom stereocenters. The van der Waals surface area contributed by atoms with Gasteiger partial charge in [-0.3, -0.25) is 5.32 Å². The summed E-state index contributed by atoms with van der Waals surface area (Å²) in [4.78, 5) is 7.78. The maximum Gasteiger partial charge on any atom is 0.137 e. The summed E-state index contributed by atoms with van der Waals surface area (Å²) in [5.74, 6) is 0.895. The molecule has 1 aliphatic heterocycles. The van der Waals surface area contributed by atoms with Gasteiger partial charge in [0.1, 0.15) is 40.0 Å². The van der Waals surface area contributed by atoms with Crippen molar-refractivity contribution in [2.45, 2.75) is 18.8 Å². The highest BCUT2D eigenvalue weighted by Crippen LogP contribution is 2.42. The Bertz CT molecular complexity index is 3410. The zero-order valence-corrected chi connectivity index (χ0v) is 32.6. The van der Waals surface area contributed by atoms with Gasteiger partial charge in [0.25, 0.3) is 0 Å². The van der Waals surface area contributed by atoms with E-state index in [1.54, 1.807) is 0 Å². The third-order valence-corrected chi connectivity index (χ3v) is 12.3. The Hall–Kier alpha value is -7.41. The summed E-state index contributed by atoms with van der Waals surface area (Å²) in [5.41, 5.74) is 11.6. The maximum atomic E-state index is 6.59. The van der Waals surface area contributed by atoms with E-state index in [-0.39, 0.29) is 6.17 Å². The molecule has 2 atom stereocenters. The number of para-hydroxylation sites is 2. The third-order valence-electron chi connectivity index (χ3n) is 12.3. The van der Waals surface area contributed by atoms with Crippen LogP contribution in [0.4, 0.5) is 0 Å². The van der Waals surface area contributed by atoms with E-state index < -0.39 is 5.66 Å². The van der Waals surface area contributed by atoms with Gasteiger partial charge in [0.15, 0.2) is 0 Å². The van der Waals surface area contributed by atoms with E-state index >= 15 is 0 Å². The van der Waals surface area contributed by atoms with Gasteiger partial charge in [-0.25, -0.2) is 4.99 Å². The minimum atomic E-state index is -0.683. The number of hydrogen-bond donors (Lipinski definition) is 1. The Morgan fingerprint density at radius 2 is 1.08 bits per heavy atom. The number of nitrogens with zero attached hydrogens (tertiary/aromatic N) is 3. The number of nitrogens with one attached hydrogen (secondary N) is 1. The quantitative estimate of drug-likeness (QED) is 0.190. The Morgan fingerprint density at radius 1 is 0.525 bits per heavy atom. The third kappa shape index (κ3) is 5.13. The number of hydrogen-bond acceptors (Lipinski definition) is 5. The lowest BCUT2D eigenvalue weighted by Crippen LogP contribution is -2.53. The van der Waals surface area contributed by atoms with Crippen LogP contribution in [0.25, 0.3) is 82.5 Å². The Kier molecular flexibility index (Phi) is 7.31. The molecule has 0 aliphatic carbocycles. The van der Waals surface area contributed by atoms with Crippen molar-refractivity contribution in [2.24, 2.45) is 4.99 Å². The average Bonchev–Trinajstić information content (AvgIpc) is 3.97. The monoisotopic (exact) mass is 762 g/mol. The topological polar surface area (TPSA) is 58.8 Å². The highest BCUT2D eigenvalue weighted by Gasteiger charge is 2.38. The second kappa shape index (κ2) is 12.8. The van der Waals surface area contributed by atoms with E-state index in [9.17, 15) is 0 Å². The van der Waals surface area contributed by atoms with Crippen LogP contribution >= 0.6 is 0 Å². The minimum absolute atomic E-state index is 0.123. The second-order valence-corrected chi connectivity index (χ2v) is 15.8. The molecule has 0 bridgehead atoms. The molecular formula is C53H38N4O2. The van der Waals surface area contributed by atoms with Crippen molar-refractivity contribution < 1.29 is 8.83 Å². The molecule has 8 aromatic carbocycles. The molecule has 0 spiro atoms. The van der Waals surface area contributed by atoms with Crippen LogP contribution in [0.3, 0.4) is 0 Å². The lowest BCUT2D eigenvalue weighted by atomic mass is 9.96. The molecule has 1 N–H and O–H groups in total. The van der Waals surface area contributed by atoms with Crippen LogP contribution < -0.4 is 5.32 Å². The van der Waals surface area contributed by atoms with Crippen molar-refractivity contribution in [1.82, 2.24) is 14.8 Å². The molecule has 12 rings (SSSR count). The van der Waals surface area contributed by atoms with Crippen LogP contribution in [0.15, 0.2) is 196 Å². The molecule has 0 saturated heterocycles. The van der Waals surface area contributed by atoms with E-state index in [1.165, 1.54) is 27.4 Å². The van der Waals surface area contributed by atoms with Gasteiger partial charge in [-0.15, -0.1) is 0 Å². The standard InChI is InChI=1S/C53H38N4O2/c1-53(36-17-7-4-8-18-36)54-51(33-15-5-3-6-16-33)56(2)52(55-53)39-21-13-25-47-49(39)40-31-34(27-29-45(40)58-47)35-28-30-46-41(32-35)50-44(24-14-26-48(50)59-46)57-42-22-11-9-19-37(42)38-20-10-12-23-43(38)57/h3-32,51,54H,1-2H3. The number of fused-ring (bicyclic) bond motifs is 9. The molecule has 1 aliphatic rings. The van der Waals surface area contributed by atoms with Gasteiger partial charge in [-0.2, -0.15) is 0 Å². The summed E-state index contributed by atoms with van der Waals surface area (Å²) in [6.07, 6.45) is -0.123. The van der Waals surface area contributed by atoms with Crippen LogP contribution in [0, 0.1) is 0 Å². The molecule has 59 heavy (non-hydrogen) atoms. The number of furan rings is 2. The van der Waals surface area contributed by atoms with Crippen LogP contribution in [-0.2, 0) is 5.66 Å². The Morgan fingerprint density at radius 3 is 1.75 bits per heavy atom. The summed E-state index contributed by atoms with van der Waals surface area (Å²) in [5, 5.41) is 10.6. The molecule has 3 aromatic heterocycles. The fraction of sp³-hybridized carbons (Fsp3) is 0.0755. The van der Waals surface area contributed by atoms with E-state index in [0.717, 1.165) is 77.7 Å². The highest BCUT2D eigenvalue weighted by atomic mass is 16.3. The van der Waals surface area contributed by atoms with Crippen LogP contribution in [-0.4, -0.2) is 22.4 Å². The number of aliphatic imine (C=N–C) groups is 1. The maximum absolute atomic E-state index is 6.59. The number of rotatable bonds is 5. The van der Waals surface area contributed by atoms with Crippen LogP contribution in [0.5, 0.6) is 0 Å². The molecule has 4 heterocycles. The minimum Gasteiger partial charge on any atom is -0.456 e. The highest BCUT2D eigenvalue weighted by molar-refractivity contribution is 6.19. The fourth-order valence-corrected chi connectivity index (χ4v) is 9.46. The predicted octanol–water partition coefficient (Wildman–Crippen LogP) is 13.1. The van der Waals surface area contributed by atoms with Crippen molar-refractivity contribution in [3.63, 3.8) is 0 Å². The lowest BCUT2D eigenvalue weighted by molar-refractivity contribution is 0.197. The second-order valence-electron chi connectivity index (χ2n) is 15.8. The molecule has 6 nitrogen and oxygen atoms in total. The molecule has 0 fully saturated rings. The van der Waals surface area contributed by atoms with E-state index in [4.69, 9.17) is 13.8 Å². The summed E-state index contributed by atoms with van der Waals surface area (Å²) >= 11 is 0. The number of aromatic nitrogens is 1. The van der Waals surface area contributed by atoms with Crippen molar-refractivity contribution >= 4 is 71.5 Å². The molecule has 0 radical (unpaired) electrons. The van der Waals surface area contributed by atoms with Gasteiger partial charge in [0.2, 0.25) is 0 Å². The van der Waals surface area contributed by atoms with E-state index in [2.05, 4.69) is 211 Å². The number of amidine groups is 1. The molecule has 0 saturated carbocycles. The predicted molar refractivity (Wildman–Crippen MR) is 241 cm³/mol. The van der Waals surface area contributed by atoms with Crippen molar-refractivity contribution in [3.8, 4) is 16.8 Å². The van der Waals surface area contributed by atoms with Crippen LogP contribution in [0.2, 0.25) is 0 Å². The van der Waals surface area contributed by atoms with Gasteiger partial charge in [0.05, 0.1) is 22.1 Å². The Balaban J connectivity index is 1.04. The molecule has 282 valence electrons. The SMILES string of the molecule is CN1C(c2cccc3oc4ccc(-c5ccc6oc7cccc(-n8c9ccccc9c9ccccc98)c7c6c5)cc4c23)=NC(C)(c2ccccc2)NC1c1ccccc1. The smallest absolute Gasteiger partial charge is 0.137 e. The van der Waals surface area contributed by atoms with Gasteiger partial charge < -0.3 is 18.3 Å². The first kappa shape index (κ1) is 33.7. The summed E-state index contributed by atoms with van der Waals surface area (Å²) in [7, 11) is 2.12. The Labute approximate surface area is 340 Å². The average molecular weight is 763 g/mol. The summed E-state index contributed by atoms with van der Waals surface area (Å²) in [6.45, 7) is 2.17. The first-order valence-electron chi connectivity index (χ1n) is 20.1. The first-order valence-corrected chi connectivity index (χ1v) is 20.1. The van der Waals surface area contributed by atoms with Gasteiger partial charge in [0, 0.05) is 39.5 Å². The van der Waals surface area contributed by atoms with Crippen molar-refractivity contribution in [1.29, 1.82) is 0 Å². The van der Waals surface area contributed by atoms with Gasteiger partial charge in [-0.1, -0.05) is 127 Å². The molecule has 6 heteroatoms. The number of benzene rings is 8. The van der Waals surface area contributed by atoms with E-state index in [0.29, 0.717) is 0 Å². The van der Waals surface area contributed by atoms with Crippen molar-refractivity contribution in [2.75, 3.05) is 7.05 Å².